The van der Waals surface area contributed by atoms with Crippen LogP contribution in [0.4, 0.5) is 11.5 Å². The predicted molar refractivity (Wildman–Crippen MR) is 141 cm³/mol. The van der Waals surface area contributed by atoms with Gasteiger partial charge in [-0.2, -0.15) is 5.10 Å². The summed E-state index contributed by atoms with van der Waals surface area (Å²) in [6, 6.07) is 18.3. The first-order valence-corrected chi connectivity index (χ1v) is 11.9. The molecule has 0 aliphatic carbocycles. The first-order chi connectivity index (χ1) is 17.3. The lowest BCUT2D eigenvalue weighted by atomic mass is 10.1. The van der Waals surface area contributed by atoms with Crippen molar-refractivity contribution >= 4 is 17.4 Å². The van der Waals surface area contributed by atoms with Gasteiger partial charge in [0.05, 0.1) is 17.9 Å². The Morgan fingerprint density at radius 3 is 2.36 bits per heavy atom. The lowest BCUT2D eigenvalue weighted by Gasteiger charge is -2.25. The number of anilines is 2. The average molecular weight is 487 g/mol. The van der Waals surface area contributed by atoms with Crippen LogP contribution in [0, 0.1) is 13.8 Å². The van der Waals surface area contributed by atoms with E-state index in [1.807, 2.05) is 69.3 Å². The molecule has 0 aliphatic heterocycles. The molecule has 0 aliphatic rings. The maximum Gasteiger partial charge on any atom is 0.330 e. The molecule has 2 heterocycles. The molecular formula is C27H30N6O3. The predicted octanol–water partition coefficient (Wildman–Crippen LogP) is 3.57. The number of nitrogen functional groups attached to an aromatic ring is 1. The number of carbonyl (C=O) groups excluding carboxylic acids is 1. The van der Waals surface area contributed by atoms with E-state index in [4.69, 9.17) is 5.73 Å². The molecule has 4 aromatic rings. The molecule has 9 nitrogen and oxygen atoms in total. The van der Waals surface area contributed by atoms with Crippen LogP contribution in [0.1, 0.15) is 47.1 Å². The lowest BCUT2D eigenvalue weighted by molar-refractivity contribution is 0.0984. The summed E-state index contributed by atoms with van der Waals surface area (Å²) in [5, 5.41) is 4.49. The highest BCUT2D eigenvalue weighted by molar-refractivity contribution is 6.07. The first kappa shape index (κ1) is 24.7. The zero-order chi connectivity index (χ0) is 25.8. The van der Waals surface area contributed by atoms with Gasteiger partial charge < -0.3 is 5.73 Å². The van der Waals surface area contributed by atoms with Gasteiger partial charge in [-0.05, 0) is 56.2 Å². The Bertz CT molecular complexity index is 1480. The van der Waals surface area contributed by atoms with Crippen LogP contribution in [-0.2, 0) is 13.1 Å². The van der Waals surface area contributed by atoms with Gasteiger partial charge in [0.2, 0.25) is 0 Å². The highest BCUT2D eigenvalue weighted by Crippen LogP contribution is 2.23. The highest BCUT2D eigenvalue weighted by Gasteiger charge is 2.25. The zero-order valence-electron chi connectivity index (χ0n) is 20.7. The van der Waals surface area contributed by atoms with E-state index in [1.54, 1.807) is 16.8 Å². The largest absolute Gasteiger partial charge is 0.383 e. The van der Waals surface area contributed by atoms with Crippen LogP contribution >= 0.6 is 0 Å². The van der Waals surface area contributed by atoms with Crippen molar-refractivity contribution in [2.75, 3.05) is 10.6 Å². The Morgan fingerprint density at radius 2 is 1.75 bits per heavy atom. The molecule has 0 fully saturated rings. The van der Waals surface area contributed by atoms with Crippen LogP contribution in [0.2, 0.25) is 0 Å². The minimum Gasteiger partial charge on any atom is -0.383 e. The van der Waals surface area contributed by atoms with Crippen molar-refractivity contribution in [1.82, 2.24) is 19.3 Å². The monoisotopic (exact) mass is 486 g/mol. The molecule has 0 saturated heterocycles. The molecule has 4 rings (SSSR count). The molecule has 0 bridgehead atoms. The number of benzene rings is 2. The number of hydrogen-bond donors (Lipinski definition) is 2. The van der Waals surface area contributed by atoms with Gasteiger partial charge >= 0.3 is 5.69 Å². The molecule has 0 radical (unpaired) electrons. The van der Waals surface area contributed by atoms with E-state index in [0.29, 0.717) is 18.5 Å². The third-order valence-electron chi connectivity index (χ3n) is 6.02. The molecular weight excluding hydrogens is 456 g/mol. The van der Waals surface area contributed by atoms with E-state index in [1.165, 1.54) is 9.47 Å². The number of aryl methyl sites for hydroxylation is 2. The number of aromatic nitrogens is 4. The molecule has 36 heavy (non-hydrogen) atoms. The molecule has 0 atom stereocenters. The van der Waals surface area contributed by atoms with Crippen molar-refractivity contribution < 1.29 is 4.79 Å². The van der Waals surface area contributed by atoms with Gasteiger partial charge in [0, 0.05) is 17.8 Å². The van der Waals surface area contributed by atoms with E-state index in [0.717, 1.165) is 29.1 Å². The van der Waals surface area contributed by atoms with Gasteiger partial charge in [-0.3, -0.25) is 24.0 Å². The van der Waals surface area contributed by atoms with Crippen LogP contribution in [0.5, 0.6) is 0 Å². The van der Waals surface area contributed by atoms with Crippen LogP contribution in [-0.4, -0.2) is 25.2 Å². The maximum atomic E-state index is 13.8. The number of H-pyrrole nitrogens is 1. The van der Waals surface area contributed by atoms with E-state index in [2.05, 4.69) is 10.1 Å². The standard InChI is InChI=1S/C27H30N6O3/c1-4-5-15-31-24(28)23(25(34)29-27(31)36)32(17-20-9-7-6-8-10-20)26(35)21-11-13-22(14-12-21)33-19(3)16-18(2)30-33/h6-14,16H,4-5,15,17,28H2,1-3H3,(H,29,34,36). The number of carbonyl (C=O) groups is 1. The van der Waals surface area contributed by atoms with E-state index < -0.39 is 17.2 Å². The Morgan fingerprint density at radius 1 is 1.06 bits per heavy atom. The second-order valence-corrected chi connectivity index (χ2v) is 8.76. The summed E-state index contributed by atoms with van der Waals surface area (Å²) >= 11 is 0. The Balaban J connectivity index is 1.78. The van der Waals surface area contributed by atoms with Gasteiger partial charge in [-0.1, -0.05) is 43.7 Å². The fourth-order valence-electron chi connectivity index (χ4n) is 4.19. The Labute approximate surface area is 208 Å². The van der Waals surface area contributed by atoms with E-state index in [-0.39, 0.29) is 18.1 Å². The summed E-state index contributed by atoms with van der Waals surface area (Å²) < 4.78 is 3.12. The Hall–Kier alpha value is -4.40. The molecule has 0 saturated carbocycles. The summed E-state index contributed by atoms with van der Waals surface area (Å²) in [7, 11) is 0. The number of nitrogens with one attached hydrogen (secondary N) is 1. The second-order valence-electron chi connectivity index (χ2n) is 8.76. The topological polar surface area (TPSA) is 119 Å². The van der Waals surface area contributed by atoms with Crippen LogP contribution in [0.3, 0.4) is 0 Å². The lowest BCUT2D eigenvalue weighted by Crippen LogP contribution is -2.41. The van der Waals surface area contributed by atoms with Crippen molar-refractivity contribution in [3.8, 4) is 5.69 Å². The van der Waals surface area contributed by atoms with E-state index >= 15 is 0 Å². The normalized spacial score (nSPS) is 11.0. The SMILES string of the molecule is CCCCn1c(N)c(N(Cc2ccccc2)C(=O)c2ccc(-n3nc(C)cc3C)cc2)c(=O)[nH]c1=O. The van der Waals surface area contributed by atoms with Gasteiger partial charge in [0.25, 0.3) is 11.5 Å². The molecule has 1 amide bonds. The fraction of sp³-hybridized carbons (Fsp3) is 0.259. The summed E-state index contributed by atoms with van der Waals surface area (Å²) in [5.74, 6) is -0.433. The molecule has 186 valence electrons. The minimum absolute atomic E-state index is 0.0271. The number of nitrogens with two attached hydrogens (primary N) is 1. The average Bonchev–Trinajstić information content (AvgIpc) is 3.21. The summed E-state index contributed by atoms with van der Waals surface area (Å²) in [6.07, 6.45) is 1.55. The zero-order valence-corrected chi connectivity index (χ0v) is 20.7. The highest BCUT2D eigenvalue weighted by atomic mass is 16.2. The van der Waals surface area contributed by atoms with Crippen LogP contribution in [0.25, 0.3) is 5.69 Å². The molecule has 2 aromatic carbocycles. The maximum absolute atomic E-state index is 13.8. The Kier molecular flexibility index (Phi) is 7.19. The number of nitrogens with zero attached hydrogens (tertiary/aromatic N) is 4. The van der Waals surface area contributed by atoms with Crippen molar-refractivity contribution in [2.24, 2.45) is 0 Å². The number of aromatic amines is 1. The van der Waals surface area contributed by atoms with Gasteiger partial charge in [-0.25, -0.2) is 9.48 Å². The first-order valence-electron chi connectivity index (χ1n) is 11.9. The molecule has 9 heteroatoms. The second kappa shape index (κ2) is 10.5. The summed E-state index contributed by atoms with van der Waals surface area (Å²) in [5.41, 5.74) is 8.91. The number of unbranched alkanes of at least 4 members (excludes halogenated alkanes) is 1. The molecule has 0 unspecified atom stereocenters. The molecule has 3 N–H and O–H groups in total. The number of rotatable bonds is 8. The molecule has 2 aromatic heterocycles. The van der Waals surface area contributed by atoms with Gasteiger partial charge in [-0.15, -0.1) is 0 Å². The fourth-order valence-corrected chi connectivity index (χ4v) is 4.19. The third-order valence-corrected chi connectivity index (χ3v) is 6.02. The van der Waals surface area contributed by atoms with Gasteiger partial charge in [0.15, 0.2) is 5.69 Å². The quantitative estimate of drug-likeness (QED) is 0.395. The van der Waals surface area contributed by atoms with Crippen molar-refractivity contribution in [3.63, 3.8) is 0 Å². The van der Waals surface area contributed by atoms with Crippen molar-refractivity contribution in [3.05, 3.63) is 104 Å². The van der Waals surface area contributed by atoms with Crippen LogP contribution < -0.4 is 21.9 Å². The van der Waals surface area contributed by atoms with Crippen molar-refractivity contribution in [1.29, 1.82) is 0 Å². The van der Waals surface area contributed by atoms with Crippen LogP contribution in [0.15, 0.2) is 70.3 Å². The van der Waals surface area contributed by atoms with Crippen molar-refractivity contribution in [2.45, 2.75) is 46.7 Å². The molecule has 0 spiro atoms. The smallest absolute Gasteiger partial charge is 0.330 e. The third kappa shape index (κ3) is 5.00. The minimum atomic E-state index is -0.700. The summed E-state index contributed by atoms with van der Waals surface area (Å²) in [4.78, 5) is 42.9. The van der Waals surface area contributed by atoms with Gasteiger partial charge in [0.1, 0.15) is 5.82 Å². The summed E-state index contributed by atoms with van der Waals surface area (Å²) in [6.45, 7) is 6.33. The van der Waals surface area contributed by atoms with E-state index in [9.17, 15) is 14.4 Å². The number of amides is 1. The number of hydrogen-bond acceptors (Lipinski definition) is 5.